The van der Waals surface area contributed by atoms with Crippen LogP contribution in [0.2, 0.25) is 0 Å². The lowest BCUT2D eigenvalue weighted by molar-refractivity contribution is -0.301. The molecule has 12 nitrogen and oxygen atoms in total. The summed E-state index contributed by atoms with van der Waals surface area (Å²) in [6, 6.07) is 0. The van der Waals surface area contributed by atoms with E-state index in [4.69, 9.17) is 23.7 Å². The molecule has 0 saturated carbocycles. The normalized spacial score (nSPS) is 18.0. The van der Waals surface area contributed by atoms with E-state index < -0.39 is 67.3 Å². The van der Waals surface area contributed by atoms with Crippen LogP contribution in [0.5, 0.6) is 0 Å². The van der Waals surface area contributed by atoms with Crippen LogP contribution >= 0.6 is 0 Å². The molecular formula is C69H122O12. The van der Waals surface area contributed by atoms with E-state index in [1.54, 1.807) is 0 Å². The Morgan fingerprint density at radius 3 is 1.21 bits per heavy atom. The van der Waals surface area contributed by atoms with Crippen molar-refractivity contribution in [3.63, 3.8) is 0 Å². The molecule has 1 aliphatic rings. The summed E-state index contributed by atoms with van der Waals surface area (Å²) in [7, 11) is 0. The lowest BCUT2D eigenvalue weighted by atomic mass is 9.98. The summed E-state index contributed by atoms with van der Waals surface area (Å²) in [6.45, 7) is 5.91. The van der Waals surface area contributed by atoms with Crippen LogP contribution in [0.3, 0.4) is 0 Å². The van der Waals surface area contributed by atoms with Crippen molar-refractivity contribution >= 4 is 23.9 Å². The minimum Gasteiger partial charge on any atom is -0.479 e. The fraction of sp³-hybridized carbons (Fsp3) is 0.826. The van der Waals surface area contributed by atoms with E-state index in [-0.39, 0.29) is 25.9 Å². The fourth-order valence-corrected chi connectivity index (χ4v) is 10.3. The molecule has 0 radical (unpaired) electrons. The molecule has 6 atom stereocenters. The lowest BCUT2D eigenvalue weighted by Crippen LogP contribution is -2.61. The van der Waals surface area contributed by atoms with Crippen molar-refractivity contribution < 1.29 is 58.2 Å². The van der Waals surface area contributed by atoms with Gasteiger partial charge in [0, 0.05) is 19.3 Å². The minimum atomic E-state index is -1.91. The Morgan fingerprint density at radius 1 is 0.420 bits per heavy atom. The van der Waals surface area contributed by atoms with E-state index in [2.05, 4.69) is 69.4 Å². The van der Waals surface area contributed by atoms with Gasteiger partial charge in [0.2, 0.25) is 0 Å². The van der Waals surface area contributed by atoms with Gasteiger partial charge in [0.25, 0.3) is 0 Å². The van der Waals surface area contributed by atoms with Crippen LogP contribution in [0, 0.1) is 0 Å². The molecule has 0 aromatic heterocycles. The van der Waals surface area contributed by atoms with Crippen LogP contribution in [-0.4, -0.2) is 89.2 Å². The SMILES string of the molecule is CC/C=C\C/C=C\C/C=C\CCCCCC(=O)OC1C(OCC(COC(=O)CCCCCCCCCCC/C=C\CCCCCCCC)OC(=O)CCCCCCCCCCCCCCCCCCCCC)OC(C(=O)O)C(O)C1O. The molecule has 6 unspecified atom stereocenters. The maximum absolute atomic E-state index is 13.2. The first kappa shape index (κ1) is 75.7. The Hall–Kier alpha value is -3.32. The lowest BCUT2D eigenvalue weighted by Gasteiger charge is -2.40. The summed E-state index contributed by atoms with van der Waals surface area (Å²) in [5, 5.41) is 31.6. The number of aliphatic hydroxyl groups is 2. The van der Waals surface area contributed by atoms with Gasteiger partial charge in [0.05, 0.1) is 6.61 Å². The van der Waals surface area contributed by atoms with Gasteiger partial charge in [-0.3, -0.25) is 14.4 Å². The first-order chi connectivity index (χ1) is 39.6. The second-order valence-corrected chi connectivity index (χ2v) is 23.1. The third-order valence-electron chi connectivity index (χ3n) is 15.4. The number of esters is 3. The number of aliphatic carboxylic acids is 1. The molecule has 0 spiro atoms. The van der Waals surface area contributed by atoms with E-state index in [1.807, 2.05) is 0 Å². The molecule has 1 fully saturated rings. The number of aliphatic hydroxyl groups excluding tert-OH is 2. The maximum atomic E-state index is 13.2. The van der Waals surface area contributed by atoms with Crippen LogP contribution in [0.4, 0.5) is 0 Å². The summed E-state index contributed by atoms with van der Waals surface area (Å²) in [5.74, 6) is -3.13. The van der Waals surface area contributed by atoms with Gasteiger partial charge >= 0.3 is 23.9 Å². The second kappa shape index (κ2) is 57.1. The Bertz CT molecular complexity index is 1590. The quantitative estimate of drug-likeness (QED) is 0.0228. The fourth-order valence-electron chi connectivity index (χ4n) is 10.3. The van der Waals surface area contributed by atoms with Crippen LogP contribution in [0.15, 0.2) is 48.6 Å². The van der Waals surface area contributed by atoms with E-state index in [9.17, 15) is 34.5 Å². The topological polar surface area (TPSA) is 175 Å². The molecule has 470 valence electrons. The highest BCUT2D eigenvalue weighted by Gasteiger charge is 2.50. The zero-order chi connectivity index (χ0) is 58.9. The standard InChI is InChI=1S/C69H122O12/c1-4-7-10-13-16-19-22-25-27-29-31-33-35-38-40-43-46-49-52-55-61(70)77-58-60(79-62(71)56-53-50-47-44-42-39-36-34-32-30-28-26-23-20-17-14-11-8-5-2)59-78-69-67(65(74)64(73)66(81-69)68(75)76)80-63(72)57-54-51-48-45-41-37-24-21-18-15-12-9-6-3/h9,12,18,21,25,27,37,41,60,64-67,69,73-74H,4-8,10-11,13-17,19-20,22-24,26,28-36,38-40,42-59H2,1-3H3,(H,75,76)/b12-9-,21-18-,27-25-,41-37-. The summed E-state index contributed by atoms with van der Waals surface area (Å²) >= 11 is 0. The number of allylic oxidation sites excluding steroid dienone is 8. The maximum Gasteiger partial charge on any atom is 0.335 e. The number of hydrogen-bond donors (Lipinski definition) is 3. The van der Waals surface area contributed by atoms with Crippen LogP contribution in [0.1, 0.15) is 316 Å². The largest absolute Gasteiger partial charge is 0.479 e. The smallest absolute Gasteiger partial charge is 0.335 e. The zero-order valence-corrected chi connectivity index (χ0v) is 52.0. The highest BCUT2D eigenvalue weighted by Crippen LogP contribution is 2.27. The van der Waals surface area contributed by atoms with Crippen molar-refractivity contribution in [1.29, 1.82) is 0 Å². The Balaban J connectivity index is 2.63. The van der Waals surface area contributed by atoms with Gasteiger partial charge in [-0.1, -0.05) is 268 Å². The summed E-state index contributed by atoms with van der Waals surface area (Å²) in [4.78, 5) is 51.3. The average Bonchev–Trinajstić information content (AvgIpc) is 3.54. The molecule has 0 aliphatic carbocycles. The van der Waals surface area contributed by atoms with Crippen molar-refractivity contribution in [2.75, 3.05) is 13.2 Å². The number of rotatable bonds is 58. The number of carboxylic acids is 1. The number of ether oxygens (including phenoxy) is 5. The summed E-state index contributed by atoms with van der Waals surface area (Å²) < 4.78 is 28.5. The molecule has 1 aliphatic heterocycles. The van der Waals surface area contributed by atoms with Gasteiger partial charge in [-0.05, 0) is 77.0 Å². The molecule has 81 heavy (non-hydrogen) atoms. The highest BCUT2D eigenvalue weighted by atomic mass is 16.7. The third kappa shape index (κ3) is 46.7. The molecular weight excluding hydrogens is 1020 g/mol. The molecule has 1 rings (SSSR count). The molecule has 3 N–H and O–H groups in total. The van der Waals surface area contributed by atoms with Gasteiger partial charge in [0.1, 0.15) is 18.8 Å². The zero-order valence-electron chi connectivity index (χ0n) is 52.0. The molecule has 12 heteroatoms. The van der Waals surface area contributed by atoms with E-state index in [1.165, 1.54) is 180 Å². The molecule has 1 saturated heterocycles. The Kier molecular flexibility index (Phi) is 53.4. The van der Waals surface area contributed by atoms with Crippen LogP contribution < -0.4 is 0 Å². The number of unbranched alkanes of at least 4 members (excludes halogenated alkanes) is 36. The van der Waals surface area contributed by atoms with Crippen LogP contribution in [0.25, 0.3) is 0 Å². The number of carbonyl (C=O) groups excluding carboxylic acids is 3. The predicted octanol–water partition coefficient (Wildman–Crippen LogP) is 18.1. The highest BCUT2D eigenvalue weighted by molar-refractivity contribution is 5.74. The number of hydrogen-bond acceptors (Lipinski definition) is 11. The monoisotopic (exact) mass is 1140 g/mol. The minimum absolute atomic E-state index is 0.0273. The first-order valence-electron chi connectivity index (χ1n) is 33.6. The van der Waals surface area contributed by atoms with Gasteiger partial charge in [-0.15, -0.1) is 0 Å². The van der Waals surface area contributed by atoms with E-state index >= 15 is 0 Å². The van der Waals surface area contributed by atoms with Gasteiger partial charge in [-0.2, -0.15) is 0 Å². The molecule has 0 aromatic carbocycles. The van der Waals surface area contributed by atoms with Crippen molar-refractivity contribution in [1.82, 2.24) is 0 Å². The van der Waals surface area contributed by atoms with Crippen LogP contribution in [-0.2, 0) is 42.9 Å². The van der Waals surface area contributed by atoms with E-state index in [0.717, 1.165) is 77.0 Å². The van der Waals surface area contributed by atoms with Gasteiger partial charge in [-0.25, -0.2) is 4.79 Å². The number of carbonyl (C=O) groups is 4. The molecule has 0 amide bonds. The van der Waals surface area contributed by atoms with E-state index in [0.29, 0.717) is 19.3 Å². The third-order valence-corrected chi connectivity index (χ3v) is 15.4. The molecule has 1 heterocycles. The van der Waals surface area contributed by atoms with Crippen molar-refractivity contribution in [2.45, 2.75) is 353 Å². The van der Waals surface area contributed by atoms with Crippen molar-refractivity contribution in [3.05, 3.63) is 48.6 Å². The predicted molar refractivity (Wildman–Crippen MR) is 331 cm³/mol. The molecule has 0 aromatic rings. The van der Waals surface area contributed by atoms with Gasteiger partial charge in [0.15, 0.2) is 24.6 Å². The summed E-state index contributed by atoms with van der Waals surface area (Å²) in [5.41, 5.74) is 0. The van der Waals surface area contributed by atoms with Crippen molar-refractivity contribution in [2.24, 2.45) is 0 Å². The Labute approximate surface area is 494 Å². The van der Waals surface area contributed by atoms with Crippen molar-refractivity contribution in [3.8, 4) is 0 Å². The number of carboxylic acid groups (broad SMARTS) is 1. The molecule has 0 bridgehead atoms. The Morgan fingerprint density at radius 2 is 0.778 bits per heavy atom. The average molecular weight is 1140 g/mol. The van der Waals surface area contributed by atoms with Gasteiger partial charge < -0.3 is 39.0 Å². The summed E-state index contributed by atoms with van der Waals surface area (Å²) in [6.07, 6.45) is 58.0. The first-order valence-corrected chi connectivity index (χ1v) is 33.6. The second-order valence-electron chi connectivity index (χ2n) is 23.1.